The fourth-order valence-electron chi connectivity index (χ4n) is 4.80. The smallest absolute Gasteiger partial charge is 0.127 e. The minimum absolute atomic E-state index is 0.727. The van der Waals surface area contributed by atoms with E-state index in [2.05, 4.69) is 33.4 Å². The Bertz CT molecular complexity index is 1040. The third kappa shape index (κ3) is 3.45. The van der Waals surface area contributed by atoms with E-state index in [-0.39, 0.29) is 0 Å². The largest absolute Gasteiger partial charge is 0.497 e. The third-order valence-corrected chi connectivity index (χ3v) is 6.51. The Morgan fingerprint density at radius 3 is 2.70 bits per heavy atom. The van der Waals surface area contributed by atoms with Crippen molar-refractivity contribution < 1.29 is 4.74 Å². The molecule has 30 heavy (non-hydrogen) atoms. The second kappa shape index (κ2) is 7.76. The van der Waals surface area contributed by atoms with Gasteiger partial charge in [-0.25, -0.2) is 9.97 Å². The molecule has 2 aromatic heterocycles. The van der Waals surface area contributed by atoms with Gasteiger partial charge in [-0.3, -0.25) is 0 Å². The van der Waals surface area contributed by atoms with Crippen LogP contribution in [0.5, 0.6) is 5.75 Å². The zero-order valence-corrected chi connectivity index (χ0v) is 17.9. The SMILES string of the molecule is COc1ccc2c(N3CC4CCNCC4C3)cc(-c3ccc(N(C)C)nc3)nc2c1. The summed E-state index contributed by atoms with van der Waals surface area (Å²) in [5.74, 6) is 3.28. The van der Waals surface area contributed by atoms with Crippen molar-refractivity contribution in [2.75, 3.05) is 57.2 Å². The summed E-state index contributed by atoms with van der Waals surface area (Å²) in [7, 11) is 5.71. The molecule has 3 aromatic rings. The maximum Gasteiger partial charge on any atom is 0.127 e. The molecule has 156 valence electrons. The number of anilines is 2. The first kappa shape index (κ1) is 19.1. The number of nitrogens with zero attached hydrogens (tertiary/aromatic N) is 4. The number of methoxy groups -OCH3 is 1. The second-order valence-corrected chi connectivity index (χ2v) is 8.63. The molecule has 1 N–H and O–H groups in total. The van der Waals surface area contributed by atoms with Crippen LogP contribution in [0.3, 0.4) is 0 Å². The van der Waals surface area contributed by atoms with Crippen molar-refractivity contribution in [3.63, 3.8) is 0 Å². The first-order chi connectivity index (χ1) is 14.6. The van der Waals surface area contributed by atoms with Crippen LogP contribution in [0.15, 0.2) is 42.6 Å². The summed E-state index contributed by atoms with van der Waals surface area (Å²) in [5.41, 5.74) is 4.22. The van der Waals surface area contributed by atoms with Gasteiger partial charge in [0.1, 0.15) is 11.6 Å². The highest BCUT2D eigenvalue weighted by Gasteiger charge is 2.35. The van der Waals surface area contributed by atoms with E-state index in [4.69, 9.17) is 9.72 Å². The molecule has 2 unspecified atom stereocenters. The first-order valence-electron chi connectivity index (χ1n) is 10.7. The molecule has 0 radical (unpaired) electrons. The Morgan fingerprint density at radius 1 is 1.10 bits per heavy atom. The van der Waals surface area contributed by atoms with E-state index in [9.17, 15) is 0 Å². The molecule has 0 amide bonds. The number of fused-ring (bicyclic) bond motifs is 2. The van der Waals surface area contributed by atoms with Crippen LogP contribution in [0.2, 0.25) is 0 Å². The lowest BCUT2D eigenvalue weighted by molar-refractivity contribution is 0.318. The van der Waals surface area contributed by atoms with Crippen LogP contribution in [-0.2, 0) is 0 Å². The van der Waals surface area contributed by atoms with Crippen molar-refractivity contribution in [2.24, 2.45) is 11.8 Å². The molecule has 6 nitrogen and oxygen atoms in total. The van der Waals surface area contributed by atoms with Crippen molar-refractivity contribution >= 4 is 22.4 Å². The number of rotatable bonds is 4. The summed E-state index contributed by atoms with van der Waals surface area (Å²) < 4.78 is 5.47. The van der Waals surface area contributed by atoms with Gasteiger partial charge in [-0.2, -0.15) is 0 Å². The standard InChI is InChI=1S/C24H29N5O/c1-28(2)24-7-4-16(13-26-24)21-11-23(20-6-5-19(30-3)10-22(20)27-21)29-14-17-8-9-25-12-18(17)15-29/h4-7,10-11,13,17-18,25H,8-9,12,14-15H2,1-3H3. The summed E-state index contributed by atoms with van der Waals surface area (Å²) in [6, 6.07) is 12.6. The lowest BCUT2D eigenvalue weighted by atomic mass is 9.90. The summed E-state index contributed by atoms with van der Waals surface area (Å²) in [4.78, 5) is 14.1. The maximum absolute atomic E-state index is 5.47. The average Bonchev–Trinajstić information content (AvgIpc) is 3.22. The minimum Gasteiger partial charge on any atom is -0.497 e. The molecule has 2 fully saturated rings. The molecule has 5 rings (SSSR count). The molecule has 2 aliphatic rings. The molecular formula is C24H29N5O. The number of nitrogens with one attached hydrogen (secondary N) is 1. The highest BCUT2D eigenvalue weighted by Crippen LogP contribution is 2.38. The van der Waals surface area contributed by atoms with E-state index in [1.165, 1.54) is 17.5 Å². The van der Waals surface area contributed by atoms with Crippen molar-refractivity contribution in [3.05, 3.63) is 42.6 Å². The molecule has 2 atom stereocenters. The third-order valence-electron chi connectivity index (χ3n) is 6.51. The molecule has 2 saturated heterocycles. The average molecular weight is 404 g/mol. The van der Waals surface area contributed by atoms with Gasteiger partial charge in [0.25, 0.3) is 0 Å². The van der Waals surface area contributed by atoms with Gasteiger partial charge in [-0.05, 0) is 61.7 Å². The normalized spacial score (nSPS) is 21.0. The number of hydrogen-bond donors (Lipinski definition) is 1. The van der Waals surface area contributed by atoms with Crippen molar-refractivity contribution in [2.45, 2.75) is 6.42 Å². The molecule has 1 aromatic carbocycles. The Balaban J connectivity index is 1.59. The number of hydrogen-bond acceptors (Lipinski definition) is 6. The predicted molar refractivity (Wildman–Crippen MR) is 123 cm³/mol. The van der Waals surface area contributed by atoms with Gasteiger partial charge in [0.05, 0.1) is 18.3 Å². The Hall–Kier alpha value is -2.86. The van der Waals surface area contributed by atoms with E-state index in [1.54, 1.807) is 7.11 Å². The van der Waals surface area contributed by atoms with Gasteiger partial charge in [0.15, 0.2) is 0 Å². The molecule has 0 aliphatic carbocycles. The molecule has 0 bridgehead atoms. The van der Waals surface area contributed by atoms with Gasteiger partial charge in [-0.15, -0.1) is 0 Å². The summed E-state index contributed by atoms with van der Waals surface area (Å²) in [6.07, 6.45) is 3.18. The van der Waals surface area contributed by atoms with E-state index in [1.807, 2.05) is 43.4 Å². The van der Waals surface area contributed by atoms with Gasteiger partial charge in [0.2, 0.25) is 0 Å². The Morgan fingerprint density at radius 2 is 1.97 bits per heavy atom. The summed E-state index contributed by atoms with van der Waals surface area (Å²) >= 11 is 0. The van der Waals surface area contributed by atoms with Crippen LogP contribution in [0.25, 0.3) is 22.2 Å². The summed E-state index contributed by atoms with van der Waals surface area (Å²) in [5, 5.41) is 4.75. The van der Waals surface area contributed by atoms with Crippen molar-refractivity contribution in [3.8, 4) is 17.0 Å². The van der Waals surface area contributed by atoms with Crippen LogP contribution in [-0.4, -0.2) is 57.4 Å². The maximum atomic E-state index is 5.47. The zero-order valence-electron chi connectivity index (χ0n) is 17.9. The number of benzene rings is 1. The second-order valence-electron chi connectivity index (χ2n) is 8.63. The molecular weight excluding hydrogens is 374 g/mol. The van der Waals surface area contributed by atoms with E-state index < -0.39 is 0 Å². The molecule has 0 saturated carbocycles. The predicted octanol–water partition coefficient (Wildman–Crippen LogP) is 3.42. The molecule has 6 heteroatoms. The van der Waals surface area contributed by atoms with Gasteiger partial charge >= 0.3 is 0 Å². The van der Waals surface area contributed by atoms with E-state index in [0.29, 0.717) is 0 Å². The quantitative estimate of drug-likeness (QED) is 0.720. The fourth-order valence-corrected chi connectivity index (χ4v) is 4.80. The topological polar surface area (TPSA) is 53.5 Å². The number of piperidine rings is 1. The van der Waals surface area contributed by atoms with E-state index in [0.717, 1.165) is 66.4 Å². The van der Waals surface area contributed by atoms with Gasteiger partial charge < -0.3 is 19.9 Å². The zero-order chi connectivity index (χ0) is 20.7. The highest BCUT2D eigenvalue weighted by atomic mass is 16.5. The van der Waals surface area contributed by atoms with E-state index >= 15 is 0 Å². The van der Waals surface area contributed by atoms with Crippen LogP contribution < -0.4 is 19.9 Å². The number of ether oxygens (including phenoxy) is 1. The van der Waals surface area contributed by atoms with Gasteiger partial charge in [-0.1, -0.05) is 0 Å². The molecule has 2 aliphatic heterocycles. The van der Waals surface area contributed by atoms with Crippen LogP contribution in [0, 0.1) is 11.8 Å². The highest BCUT2D eigenvalue weighted by molar-refractivity contribution is 5.95. The number of aromatic nitrogens is 2. The lowest BCUT2D eigenvalue weighted by Gasteiger charge is -2.23. The fraction of sp³-hybridized carbons (Fsp3) is 0.417. The molecule has 4 heterocycles. The Labute approximate surface area is 177 Å². The van der Waals surface area contributed by atoms with Crippen LogP contribution >= 0.6 is 0 Å². The van der Waals surface area contributed by atoms with Crippen molar-refractivity contribution in [1.82, 2.24) is 15.3 Å². The summed E-state index contributed by atoms with van der Waals surface area (Å²) in [6.45, 7) is 4.48. The first-order valence-corrected chi connectivity index (χ1v) is 10.7. The minimum atomic E-state index is 0.727. The van der Waals surface area contributed by atoms with Gasteiger partial charge in [0, 0.05) is 56.1 Å². The monoisotopic (exact) mass is 403 g/mol. The lowest BCUT2D eigenvalue weighted by Crippen LogP contribution is -2.35. The molecule has 0 spiro atoms. The van der Waals surface area contributed by atoms with Crippen LogP contribution in [0.1, 0.15) is 6.42 Å². The number of pyridine rings is 2. The van der Waals surface area contributed by atoms with Crippen molar-refractivity contribution in [1.29, 1.82) is 0 Å². The van der Waals surface area contributed by atoms with Crippen LogP contribution in [0.4, 0.5) is 11.5 Å². The Kier molecular flexibility index (Phi) is 4.95.